The van der Waals surface area contributed by atoms with Gasteiger partial charge in [-0.2, -0.15) is 0 Å². The summed E-state index contributed by atoms with van der Waals surface area (Å²) < 4.78 is 4.63. The Bertz CT molecular complexity index is 529. The fourth-order valence-corrected chi connectivity index (χ4v) is 11.0. The molecular weight excluding hydrogens is 415 g/mol. The number of rotatable bonds is 3. The van der Waals surface area contributed by atoms with Crippen molar-refractivity contribution in [1.82, 2.24) is 0 Å². The second kappa shape index (κ2) is 7.65. The van der Waals surface area contributed by atoms with Gasteiger partial charge in [-0.25, -0.2) is 0 Å². The third-order valence-electron chi connectivity index (χ3n) is 3.40. The molecule has 0 saturated carbocycles. The molecule has 0 unspecified atom stereocenters. The Kier molecular flexibility index (Phi) is 5.86. The molecule has 0 radical (unpaired) electrons. The molecule has 0 fully saturated rings. The van der Waals surface area contributed by atoms with Gasteiger partial charge in [0.05, 0.1) is 0 Å². The zero-order valence-corrected chi connectivity index (χ0v) is 16.2. The summed E-state index contributed by atoms with van der Waals surface area (Å²) in [5.74, 6) is 0. The number of hydrogen-bond donors (Lipinski definition) is 0. The summed E-state index contributed by atoms with van der Waals surface area (Å²) in [6, 6.07) is 33.0. The van der Waals surface area contributed by atoms with Gasteiger partial charge >= 0.3 is 121 Å². The predicted octanol–water partition coefficient (Wildman–Crippen LogP) is 2.51. The van der Waals surface area contributed by atoms with Gasteiger partial charge in [0.15, 0.2) is 0 Å². The molecule has 0 nitrogen and oxygen atoms in total. The normalized spacial score (nSPS) is 10.1. The van der Waals surface area contributed by atoms with Crippen molar-refractivity contribution in [2.45, 2.75) is 0 Å². The van der Waals surface area contributed by atoms with Gasteiger partial charge in [-0.05, 0) is 0 Å². The third-order valence-corrected chi connectivity index (χ3v) is 12.4. The van der Waals surface area contributed by atoms with Crippen LogP contribution in [0, 0.1) is 0 Å². The second-order valence-corrected chi connectivity index (χ2v) is 12.8. The first kappa shape index (κ1) is 15.3. The third kappa shape index (κ3) is 3.53. The molecule has 100 valence electrons. The van der Waals surface area contributed by atoms with Crippen LogP contribution in [0.15, 0.2) is 91.0 Å². The van der Waals surface area contributed by atoms with Crippen molar-refractivity contribution >= 4 is 47.5 Å². The molecule has 0 aliphatic carbocycles. The van der Waals surface area contributed by atoms with E-state index in [4.69, 9.17) is 0 Å². The average Bonchev–Trinajstić information content (AvgIpc) is 2.51. The maximum atomic E-state index is 2.29. The molecule has 20 heavy (non-hydrogen) atoms. The van der Waals surface area contributed by atoms with Crippen molar-refractivity contribution in [2.24, 2.45) is 0 Å². The van der Waals surface area contributed by atoms with Crippen LogP contribution in [0.1, 0.15) is 0 Å². The number of hydrogen-bond acceptors (Lipinski definition) is 0. The quantitative estimate of drug-likeness (QED) is 0.559. The first-order chi connectivity index (χ1) is 9.45. The second-order valence-electron chi connectivity index (χ2n) is 4.67. The SMILES string of the molecule is Br.c1cc[c]([SnH]([c]2ccccc2)[c]2ccccc2)cc1. The van der Waals surface area contributed by atoms with Gasteiger partial charge in [0.25, 0.3) is 0 Å². The van der Waals surface area contributed by atoms with Gasteiger partial charge in [0.2, 0.25) is 0 Å². The van der Waals surface area contributed by atoms with E-state index in [1.807, 2.05) is 0 Å². The van der Waals surface area contributed by atoms with Crippen LogP contribution in [0.25, 0.3) is 0 Å². The standard InChI is InChI=1S/3C6H5.BrH.Sn.H/c3*1-2-4-6-5-3-1;;;/h3*1-5H;1H;;. The predicted molar refractivity (Wildman–Crippen MR) is 95.7 cm³/mol. The van der Waals surface area contributed by atoms with Crippen molar-refractivity contribution in [3.63, 3.8) is 0 Å². The molecule has 0 aromatic heterocycles. The van der Waals surface area contributed by atoms with E-state index in [0.717, 1.165) is 0 Å². The van der Waals surface area contributed by atoms with Gasteiger partial charge in [-0.1, -0.05) is 0 Å². The molecule has 3 aromatic carbocycles. The molecule has 3 aromatic rings. The summed E-state index contributed by atoms with van der Waals surface area (Å²) in [6.45, 7) is 0. The van der Waals surface area contributed by atoms with Gasteiger partial charge in [0.1, 0.15) is 0 Å². The monoisotopic (exact) mass is 432 g/mol. The van der Waals surface area contributed by atoms with Crippen LogP contribution in [0.3, 0.4) is 0 Å². The molecule has 0 N–H and O–H groups in total. The van der Waals surface area contributed by atoms with E-state index in [2.05, 4.69) is 91.0 Å². The Labute approximate surface area is 138 Å². The molecule has 0 aliphatic rings. The zero-order valence-electron chi connectivity index (χ0n) is 11.1. The summed E-state index contributed by atoms with van der Waals surface area (Å²) in [4.78, 5) is 0. The molecule has 0 amide bonds. The minimum absolute atomic E-state index is 0. The van der Waals surface area contributed by atoms with Crippen LogP contribution in [-0.2, 0) is 0 Å². The fraction of sp³-hybridized carbons (Fsp3) is 0. The summed E-state index contributed by atoms with van der Waals surface area (Å²) in [6.07, 6.45) is 0. The Morgan fingerprint density at radius 3 is 0.900 bits per heavy atom. The summed E-state index contributed by atoms with van der Waals surface area (Å²) >= 11 is -2.14. The van der Waals surface area contributed by atoms with Crippen LogP contribution in [-0.4, -0.2) is 19.8 Å². The molecule has 0 atom stereocenters. The summed E-state index contributed by atoms with van der Waals surface area (Å²) in [7, 11) is 0. The Morgan fingerprint density at radius 1 is 0.400 bits per heavy atom. The van der Waals surface area contributed by atoms with Crippen LogP contribution in [0.4, 0.5) is 0 Å². The van der Waals surface area contributed by atoms with E-state index < -0.39 is 19.8 Å². The maximum absolute atomic E-state index is 2.29. The van der Waals surface area contributed by atoms with E-state index in [9.17, 15) is 0 Å². The number of benzene rings is 3. The Balaban J connectivity index is 0.00000147. The molecule has 2 heteroatoms. The van der Waals surface area contributed by atoms with Crippen molar-refractivity contribution in [3.8, 4) is 0 Å². The molecule has 3 rings (SSSR count). The van der Waals surface area contributed by atoms with Gasteiger partial charge < -0.3 is 0 Å². The van der Waals surface area contributed by atoms with Gasteiger partial charge in [-0.15, -0.1) is 17.0 Å². The van der Waals surface area contributed by atoms with E-state index in [1.165, 1.54) is 0 Å². The fourth-order valence-electron chi connectivity index (χ4n) is 2.51. The van der Waals surface area contributed by atoms with Crippen LogP contribution in [0.2, 0.25) is 0 Å². The van der Waals surface area contributed by atoms with Crippen LogP contribution >= 0.6 is 17.0 Å². The molecular formula is C18H17BrSn. The first-order valence-electron chi connectivity index (χ1n) is 6.60. The van der Waals surface area contributed by atoms with Crippen molar-refractivity contribution in [3.05, 3.63) is 91.0 Å². The van der Waals surface area contributed by atoms with Crippen molar-refractivity contribution in [1.29, 1.82) is 0 Å². The molecule has 0 spiro atoms. The van der Waals surface area contributed by atoms with Gasteiger partial charge in [0, 0.05) is 0 Å². The number of halogens is 1. The molecule has 0 heterocycles. The summed E-state index contributed by atoms with van der Waals surface area (Å²) in [5.41, 5.74) is 0. The van der Waals surface area contributed by atoms with E-state index in [1.54, 1.807) is 10.7 Å². The first-order valence-corrected chi connectivity index (χ1v) is 11.5. The van der Waals surface area contributed by atoms with Gasteiger partial charge in [-0.3, -0.25) is 0 Å². The van der Waals surface area contributed by atoms with Crippen molar-refractivity contribution in [2.75, 3.05) is 0 Å². The topological polar surface area (TPSA) is 0 Å². The van der Waals surface area contributed by atoms with Crippen LogP contribution in [0.5, 0.6) is 0 Å². The summed E-state index contributed by atoms with van der Waals surface area (Å²) in [5, 5.41) is 0. The zero-order chi connectivity index (χ0) is 12.9. The Hall–Kier alpha value is -1.06. The minimum atomic E-state index is -2.14. The van der Waals surface area contributed by atoms with E-state index in [-0.39, 0.29) is 17.0 Å². The Morgan fingerprint density at radius 2 is 0.650 bits per heavy atom. The molecule has 0 saturated heterocycles. The van der Waals surface area contributed by atoms with E-state index >= 15 is 0 Å². The van der Waals surface area contributed by atoms with E-state index in [0.29, 0.717) is 0 Å². The average molecular weight is 432 g/mol. The molecule has 0 bridgehead atoms. The molecule has 0 aliphatic heterocycles. The van der Waals surface area contributed by atoms with Crippen molar-refractivity contribution < 1.29 is 0 Å². The van der Waals surface area contributed by atoms with Crippen LogP contribution < -0.4 is 10.7 Å².